The van der Waals surface area contributed by atoms with E-state index < -0.39 is 0 Å². The molecule has 0 N–H and O–H groups in total. The third kappa shape index (κ3) is 2.65. The summed E-state index contributed by atoms with van der Waals surface area (Å²) in [4.78, 5) is 0. The molecule has 0 fully saturated rings. The van der Waals surface area contributed by atoms with Crippen molar-refractivity contribution < 1.29 is 0 Å². The van der Waals surface area contributed by atoms with E-state index in [1.165, 1.54) is 5.56 Å². The standard InChI is InChI=1S/C15H14Cl2/c1-3-11-6-7-13(9-15(11)17)12-5-4-10(2)14(16)8-12/h4-9H,3H2,1-2H3. The zero-order valence-corrected chi connectivity index (χ0v) is 11.4. The van der Waals surface area contributed by atoms with Crippen LogP contribution in [-0.4, -0.2) is 0 Å². The lowest BCUT2D eigenvalue weighted by molar-refractivity contribution is 1.14. The average molecular weight is 265 g/mol. The molecule has 0 aliphatic rings. The van der Waals surface area contributed by atoms with E-state index in [2.05, 4.69) is 25.1 Å². The molecule has 2 aromatic rings. The second-order valence-corrected chi connectivity index (χ2v) is 4.94. The Morgan fingerprint density at radius 2 is 1.47 bits per heavy atom. The number of aryl methyl sites for hydroxylation is 2. The maximum atomic E-state index is 6.22. The second kappa shape index (κ2) is 5.12. The average Bonchev–Trinajstić information content (AvgIpc) is 2.32. The minimum absolute atomic E-state index is 0.790. The van der Waals surface area contributed by atoms with Crippen molar-refractivity contribution in [2.75, 3.05) is 0 Å². The van der Waals surface area contributed by atoms with E-state index in [4.69, 9.17) is 23.2 Å². The van der Waals surface area contributed by atoms with Crippen LogP contribution in [-0.2, 0) is 6.42 Å². The molecule has 17 heavy (non-hydrogen) atoms. The van der Waals surface area contributed by atoms with E-state index in [1.807, 2.05) is 25.1 Å². The van der Waals surface area contributed by atoms with E-state index in [0.29, 0.717) is 0 Å². The molecule has 88 valence electrons. The number of benzene rings is 2. The molecule has 0 aliphatic carbocycles. The van der Waals surface area contributed by atoms with E-state index in [0.717, 1.165) is 33.2 Å². The first-order chi connectivity index (χ1) is 8.11. The number of hydrogen-bond acceptors (Lipinski definition) is 0. The molecule has 0 heterocycles. The molecule has 2 heteroatoms. The zero-order chi connectivity index (χ0) is 12.4. The predicted octanol–water partition coefficient (Wildman–Crippen LogP) is 5.53. The smallest absolute Gasteiger partial charge is 0.0444 e. The highest BCUT2D eigenvalue weighted by atomic mass is 35.5. The van der Waals surface area contributed by atoms with Gasteiger partial charge in [-0.1, -0.05) is 54.4 Å². The number of rotatable bonds is 2. The molecule has 0 aliphatic heterocycles. The monoisotopic (exact) mass is 264 g/mol. The SMILES string of the molecule is CCc1ccc(-c2ccc(C)c(Cl)c2)cc1Cl. The van der Waals surface area contributed by atoms with Crippen molar-refractivity contribution >= 4 is 23.2 Å². The lowest BCUT2D eigenvalue weighted by Crippen LogP contribution is -1.85. The molecular weight excluding hydrogens is 251 g/mol. The van der Waals surface area contributed by atoms with E-state index in [9.17, 15) is 0 Å². The van der Waals surface area contributed by atoms with E-state index in [1.54, 1.807) is 0 Å². The molecular formula is C15H14Cl2. The summed E-state index contributed by atoms with van der Waals surface area (Å²) < 4.78 is 0. The molecule has 0 spiro atoms. The van der Waals surface area contributed by atoms with Crippen molar-refractivity contribution in [3.05, 3.63) is 57.6 Å². The van der Waals surface area contributed by atoms with Crippen molar-refractivity contribution in [3.8, 4) is 11.1 Å². The topological polar surface area (TPSA) is 0 Å². The Kier molecular flexibility index (Phi) is 3.76. The molecule has 0 atom stereocenters. The Labute approximate surface area is 112 Å². The van der Waals surface area contributed by atoms with Crippen LogP contribution >= 0.6 is 23.2 Å². The lowest BCUT2D eigenvalue weighted by atomic mass is 10.0. The lowest BCUT2D eigenvalue weighted by Gasteiger charge is -2.07. The second-order valence-electron chi connectivity index (χ2n) is 4.12. The van der Waals surface area contributed by atoms with Crippen LogP contribution in [0.5, 0.6) is 0 Å². The van der Waals surface area contributed by atoms with E-state index in [-0.39, 0.29) is 0 Å². The van der Waals surface area contributed by atoms with Gasteiger partial charge in [-0.25, -0.2) is 0 Å². The van der Waals surface area contributed by atoms with Gasteiger partial charge in [-0.15, -0.1) is 0 Å². The first-order valence-corrected chi connectivity index (χ1v) is 6.42. The minimum atomic E-state index is 0.790. The quantitative estimate of drug-likeness (QED) is 0.669. The van der Waals surface area contributed by atoms with Gasteiger partial charge >= 0.3 is 0 Å². The Hall–Kier alpha value is -0.980. The summed E-state index contributed by atoms with van der Waals surface area (Å²) >= 11 is 12.3. The number of hydrogen-bond donors (Lipinski definition) is 0. The molecule has 2 aromatic carbocycles. The van der Waals surface area contributed by atoms with Crippen LogP contribution in [0.15, 0.2) is 36.4 Å². The van der Waals surface area contributed by atoms with Gasteiger partial charge in [0, 0.05) is 10.0 Å². The molecule has 0 nitrogen and oxygen atoms in total. The van der Waals surface area contributed by atoms with Crippen molar-refractivity contribution in [1.82, 2.24) is 0 Å². The fraction of sp³-hybridized carbons (Fsp3) is 0.200. The molecule has 0 radical (unpaired) electrons. The molecule has 0 amide bonds. The van der Waals surface area contributed by atoms with Gasteiger partial charge in [0.2, 0.25) is 0 Å². The Morgan fingerprint density at radius 3 is 2.00 bits per heavy atom. The zero-order valence-electron chi connectivity index (χ0n) is 9.93. The van der Waals surface area contributed by atoms with Gasteiger partial charge in [0.25, 0.3) is 0 Å². The third-order valence-corrected chi connectivity index (χ3v) is 3.70. The molecule has 0 bridgehead atoms. The first kappa shape index (κ1) is 12.5. The normalized spacial score (nSPS) is 10.6. The van der Waals surface area contributed by atoms with Crippen LogP contribution in [0.1, 0.15) is 18.1 Å². The van der Waals surface area contributed by atoms with Gasteiger partial charge in [-0.3, -0.25) is 0 Å². The number of halogens is 2. The van der Waals surface area contributed by atoms with Gasteiger partial charge in [-0.05, 0) is 47.7 Å². The Morgan fingerprint density at radius 1 is 0.882 bits per heavy atom. The van der Waals surface area contributed by atoms with Crippen LogP contribution in [0.25, 0.3) is 11.1 Å². The minimum Gasteiger partial charge on any atom is -0.0840 e. The van der Waals surface area contributed by atoms with Crippen LogP contribution < -0.4 is 0 Å². The maximum absolute atomic E-state index is 6.22. The molecule has 0 saturated carbocycles. The van der Waals surface area contributed by atoms with Gasteiger partial charge in [0.05, 0.1) is 0 Å². The molecule has 0 aromatic heterocycles. The summed E-state index contributed by atoms with van der Waals surface area (Å²) in [5, 5.41) is 1.61. The van der Waals surface area contributed by atoms with Crippen LogP contribution in [0.2, 0.25) is 10.0 Å². The summed E-state index contributed by atoms with van der Waals surface area (Å²) in [7, 11) is 0. The largest absolute Gasteiger partial charge is 0.0840 e. The van der Waals surface area contributed by atoms with Crippen LogP contribution in [0, 0.1) is 6.92 Å². The van der Waals surface area contributed by atoms with Gasteiger partial charge in [-0.2, -0.15) is 0 Å². The summed E-state index contributed by atoms with van der Waals surface area (Å²) in [5.74, 6) is 0. The summed E-state index contributed by atoms with van der Waals surface area (Å²) in [6.45, 7) is 4.10. The van der Waals surface area contributed by atoms with Crippen molar-refractivity contribution in [3.63, 3.8) is 0 Å². The summed E-state index contributed by atoms with van der Waals surface area (Å²) in [5.41, 5.74) is 4.47. The van der Waals surface area contributed by atoms with E-state index >= 15 is 0 Å². The molecule has 0 saturated heterocycles. The fourth-order valence-electron chi connectivity index (χ4n) is 1.79. The molecule has 0 unspecified atom stereocenters. The maximum Gasteiger partial charge on any atom is 0.0444 e. The van der Waals surface area contributed by atoms with Gasteiger partial charge in [0.15, 0.2) is 0 Å². The summed E-state index contributed by atoms with van der Waals surface area (Å²) in [6, 6.07) is 12.2. The van der Waals surface area contributed by atoms with Crippen molar-refractivity contribution in [2.45, 2.75) is 20.3 Å². The van der Waals surface area contributed by atoms with Crippen LogP contribution in [0.3, 0.4) is 0 Å². The predicted molar refractivity (Wildman–Crippen MR) is 76.0 cm³/mol. The van der Waals surface area contributed by atoms with Crippen LogP contribution in [0.4, 0.5) is 0 Å². The summed E-state index contributed by atoms with van der Waals surface area (Å²) in [6.07, 6.45) is 0.952. The van der Waals surface area contributed by atoms with Gasteiger partial charge < -0.3 is 0 Å². The highest BCUT2D eigenvalue weighted by Gasteiger charge is 2.04. The molecule has 2 rings (SSSR count). The highest BCUT2D eigenvalue weighted by molar-refractivity contribution is 6.32. The first-order valence-electron chi connectivity index (χ1n) is 5.66. The van der Waals surface area contributed by atoms with Crippen molar-refractivity contribution in [2.24, 2.45) is 0 Å². The third-order valence-electron chi connectivity index (χ3n) is 2.94. The highest BCUT2D eigenvalue weighted by Crippen LogP contribution is 2.28. The Balaban J connectivity index is 2.46. The van der Waals surface area contributed by atoms with Gasteiger partial charge in [0.1, 0.15) is 0 Å². The fourth-order valence-corrected chi connectivity index (χ4v) is 2.28. The Bertz CT molecular complexity index is 545. The van der Waals surface area contributed by atoms with Crippen molar-refractivity contribution in [1.29, 1.82) is 0 Å².